The van der Waals surface area contributed by atoms with E-state index >= 15 is 0 Å². The lowest BCUT2D eigenvalue weighted by molar-refractivity contribution is 0.0602. The van der Waals surface area contributed by atoms with E-state index in [1.54, 1.807) is 36.0 Å². The molecule has 138 valence electrons. The average molecular weight is 422 g/mol. The normalized spacial score (nSPS) is 14.2. The van der Waals surface area contributed by atoms with Gasteiger partial charge in [0.25, 0.3) is 5.91 Å². The summed E-state index contributed by atoms with van der Waals surface area (Å²) in [5, 5.41) is 2.80. The first-order valence-electron chi connectivity index (χ1n) is 8.18. The number of halogens is 1. The van der Waals surface area contributed by atoms with Crippen molar-refractivity contribution in [3.05, 3.63) is 46.2 Å². The zero-order valence-corrected chi connectivity index (χ0v) is 16.2. The summed E-state index contributed by atoms with van der Waals surface area (Å²) in [4.78, 5) is 26.9. The summed E-state index contributed by atoms with van der Waals surface area (Å²) in [7, 11) is 3.10. The van der Waals surface area contributed by atoms with E-state index in [9.17, 15) is 9.59 Å². The molecule has 8 heteroatoms. The first kappa shape index (κ1) is 18.5. The number of carbonyl (C=O) groups excluding carboxylic acids is 2. The van der Waals surface area contributed by atoms with Crippen LogP contribution >= 0.6 is 15.9 Å². The molecule has 1 aliphatic rings. The van der Waals surface area contributed by atoms with Gasteiger partial charge in [0.05, 0.1) is 31.6 Å². The number of morpholine rings is 1. The van der Waals surface area contributed by atoms with Gasteiger partial charge in [-0.05, 0) is 40.2 Å². The van der Waals surface area contributed by atoms with Crippen LogP contribution in [0.15, 0.2) is 34.9 Å². The van der Waals surface area contributed by atoms with Gasteiger partial charge in [-0.3, -0.25) is 4.79 Å². The second-order valence-corrected chi connectivity index (χ2v) is 6.85. The van der Waals surface area contributed by atoms with E-state index in [0.717, 1.165) is 23.2 Å². The molecule has 7 nitrogen and oxygen atoms in total. The van der Waals surface area contributed by atoms with Crippen molar-refractivity contribution >= 4 is 39.2 Å². The van der Waals surface area contributed by atoms with Gasteiger partial charge < -0.3 is 24.3 Å². The number of carbonyl (C=O) groups is 2. The minimum atomic E-state index is -0.497. The largest absolute Gasteiger partial charge is 0.465 e. The summed E-state index contributed by atoms with van der Waals surface area (Å²) in [6, 6.07) is 7.07. The van der Waals surface area contributed by atoms with Crippen molar-refractivity contribution in [3.8, 4) is 0 Å². The van der Waals surface area contributed by atoms with Crippen LogP contribution < -0.4 is 10.2 Å². The van der Waals surface area contributed by atoms with Crippen LogP contribution in [0.4, 0.5) is 11.4 Å². The second-order valence-electron chi connectivity index (χ2n) is 5.93. The fourth-order valence-electron chi connectivity index (χ4n) is 2.87. The van der Waals surface area contributed by atoms with Crippen LogP contribution in [0.2, 0.25) is 0 Å². The highest BCUT2D eigenvalue weighted by atomic mass is 79.9. The molecule has 2 aromatic rings. The van der Waals surface area contributed by atoms with Crippen molar-refractivity contribution in [2.75, 3.05) is 43.6 Å². The van der Waals surface area contributed by atoms with Crippen molar-refractivity contribution in [1.82, 2.24) is 4.57 Å². The standard InChI is InChI=1S/C18H20BrN3O4/c1-21-11-12(19)9-16(21)17(23)20-15-4-3-13(10-14(15)18(24)25-2)22-5-7-26-8-6-22/h3-4,9-11H,5-8H2,1-2H3,(H,20,23). The first-order valence-corrected chi connectivity index (χ1v) is 8.97. The van der Waals surface area contributed by atoms with Crippen LogP contribution in [0, 0.1) is 0 Å². The monoisotopic (exact) mass is 421 g/mol. The Hall–Kier alpha value is -2.32. The lowest BCUT2D eigenvalue weighted by atomic mass is 10.1. The summed E-state index contributed by atoms with van der Waals surface area (Å²) in [6.07, 6.45) is 1.79. The molecule has 0 bridgehead atoms. The third-order valence-corrected chi connectivity index (χ3v) is 4.67. The topological polar surface area (TPSA) is 72.8 Å². The number of esters is 1. The molecule has 0 radical (unpaired) electrons. The number of hydrogen-bond donors (Lipinski definition) is 1. The number of aryl methyl sites for hydroxylation is 1. The van der Waals surface area contributed by atoms with Crippen molar-refractivity contribution in [3.63, 3.8) is 0 Å². The minimum Gasteiger partial charge on any atom is -0.465 e. The number of nitrogens with zero attached hydrogens (tertiary/aromatic N) is 2. The number of rotatable bonds is 4. The summed E-state index contributed by atoms with van der Waals surface area (Å²) in [6.45, 7) is 2.80. The van der Waals surface area contributed by atoms with Crippen molar-refractivity contribution < 1.29 is 19.1 Å². The molecule has 1 amide bonds. The van der Waals surface area contributed by atoms with Gasteiger partial charge in [-0.2, -0.15) is 0 Å². The molecule has 1 aromatic carbocycles. The van der Waals surface area contributed by atoms with E-state index in [0.29, 0.717) is 30.2 Å². The number of methoxy groups -OCH3 is 1. The Kier molecular flexibility index (Phi) is 5.63. The van der Waals surface area contributed by atoms with Crippen LogP contribution in [0.25, 0.3) is 0 Å². The maximum Gasteiger partial charge on any atom is 0.340 e. The zero-order chi connectivity index (χ0) is 18.7. The SMILES string of the molecule is COC(=O)c1cc(N2CCOCC2)ccc1NC(=O)c1cc(Br)cn1C. The molecular weight excluding hydrogens is 402 g/mol. The van der Waals surface area contributed by atoms with Crippen LogP contribution in [0.5, 0.6) is 0 Å². The number of benzene rings is 1. The molecule has 0 unspecified atom stereocenters. The molecule has 0 spiro atoms. The molecule has 1 N–H and O–H groups in total. The van der Waals surface area contributed by atoms with Crippen LogP contribution in [0.3, 0.4) is 0 Å². The zero-order valence-electron chi connectivity index (χ0n) is 14.6. The summed E-state index contributed by atoms with van der Waals surface area (Å²) in [5.41, 5.74) is 2.10. The van der Waals surface area contributed by atoms with Gasteiger partial charge in [0.1, 0.15) is 5.69 Å². The van der Waals surface area contributed by atoms with Crippen molar-refractivity contribution in [2.45, 2.75) is 0 Å². The van der Waals surface area contributed by atoms with E-state index in [1.165, 1.54) is 7.11 Å². The molecule has 3 rings (SSSR count). The Bertz CT molecular complexity index is 828. The Labute approximate surface area is 160 Å². The molecule has 0 atom stereocenters. The Morgan fingerprint density at radius 3 is 2.58 bits per heavy atom. The summed E-state index contributed by atoms with van der Waals surface area (Å²) in [5.74, 6) is -0.800. The van der Waals surface area contributed by atoms with Crippen molar-refractivity contribution in [1.29, 1.82) is 0 Å². The lowest BCUT2D eigenvalue weighted by Gasteiger charge is -2.29. The molecule has 1 aromatic heterocycles. The quantitative estimate of drug-likeness (QED) is 0.768. The highest BCUT2D eigenvalue weighted by Gasteiger charge is 2.20. The highest BCUT2D eigenvalue weighted by Crippen LogP contribution is 2.26. The number of nitrogens with one attached hydrogen (secondary N) is 1. The van der Waals surface area contributed by atoms with E-state index < -0.39 is 5.97 Å². The van der Waals surface area contributed by atoms with E-state index in [1.807, 2.05) is 6.07 Å². The Balaban J connectivity index is 1.89. The smallest absolute Gasteiger partial charge is 0.340 e. The molecule has 26 heavy (non-hydrogen) atoms. The van der Waals surface area contributed by atoms with Gasteiger partial charge in [0.15, 0.2) is 0 Å². The van der Waals surface area contributed by atoms with E-state index in [2.05, 4.69) is 26.1 Å². The second kappa shape index (κ2) is 7.92. The number of anilines is 2. The van der Waals surface area contributed by atoms with Crippen LogP contribution in [-0.2, 0) is 16.5 Å². The minimum absolute atomic E-state index is 0.303. The van der Waals surface area contributed by atoms with Gasteiger partial charge in [-0.25, -0.2) is 4.79 Å². The summed E-state index contributed by atoms with van der Waals surface area (Å²) >= 11 is 3.35. The predicted molar refractivity (Wildman–Crippen MR) is 102 cm³/mol. The molecular formula is C18H20BrN3O4. The molecule has 1 saturated heterocycles. The van der Waals surface area contributed by atoms with Gasteiger partial charge in [0.2, 0.25) is 0 Å². The van der Waals surface area contributed by atoms with Crippen LogP contribution in [0.1, 0.15) is 20.8 Å². The number of amides is 1. The fraction of sp³-hybridized carbons (Fsp3) is 0.333. The van der Waals surface area contributed by atoms with Gasteiger partial charge in [-0.15, -0.1) is 0 Å². The molecule has 1 fully saturated rings. The number of aromatic nitrogens is 1. The molecule has 2 heterocycles. The fourth-order valence-corrected chi connectivity index (χ4v) is 3.40. The molecule has 1 aliphatic heterocycles. The summed E-state index contributed by atoms with van der Waals surface area (Å²) < 4.78 is 12.8. The number of hydrogen-bond acceptors (Lipinski definition) is 5. The molecule has 0 saturated carbocycles. The van der Waals surface area contributed by atoms with Crippen molar-refractivity contribution in [2.24, 2.45) is 7.05 Å². The first-order chi connectivity index (χ1) is 12.5. The lowest BCUT2D eigenvalue weighted by Crippen LogP contribution is -2.36. The Morgan fingerprint density at radius 1 is 1.23 bits per heavy atom. The van der Waals surface area contributed by atoms with E-state index in [4.69, 9.17) is 9.47 Å². The average Bonchev–Trinajstić information content (AvgIpc) is 3.00. The third-order valence-electron chi connectivity index (χ3n) is 4.24. The highest BCUT2D eigenvalue weighted by molar-refractivity contribution is 9.10. The maximum absolute atomic E-state index is 12.6. The van der Waals surface area contributed by atoms with Gasteiger partial charge in [-0.1, -0.05) is 0 Å². The Morgan fingerprint density at radius 2 is 1.96 bits per heavy atom. The number of ether oxygens (including phenoxy) is 2. The predicted octanol–water partition coefficient (Wildman–Crippen LogP) is 2.66. The van der Waals surface area contributed by atoms with Gasteiger partial charge >= 0.3 is 5.97 Å². The van der Waals surface area contributed by atoms with Gasteiger partial charge in [0, 0.05) is 36.5 Å². The van der Waals surface area contributed by atoms with E-state index in [-0.39, 0.29) is 5.91 Å². The van der Waals surface area contributed by atoms with Crippen LogP contribution in [-0.4, -0.2) is 49.9 Å². The maximum atomic E-state index is 12.6. The molecule has 0 aliphatic carbocycles. The third kappa shape index (κ3) is 3.91.